The molecular formula is C23H18N4O6. The molecule has 10 nitrogen and oxygen atoms in total. The number of carbonyl (C=O) groups is 3. The Hall–Kier alpha value is -4.86. The van der Waals surface area contributed by atoms with Crippen LogP contribution >= 0.6 is 0 Å². The Morgan fingerprint density at radius 2 is 1.64 bits per heavy atom. The summed E-state index contributed by atoms with van der Waals surface area (Å²) < 4.78 is 5.28. The summed E-state index contributed by atoms with van der Waals surface area (Å²) in [6, 6.07) is 20.2. The number of nitrogens with one attached hydrogen (secondary N) is 2. The van der Waals surface area contributed by atoms with E-state index in [9.17, 15) is 24.5 Å². The summed E-state index contributed by atoms with van der Waals surface area (Å²) in [5.74, 6) is -1.33. The molecule has 0 unspecified atom stereocenters. The van der Waals surface area contributed by atoms with Gasteiger partial charge in [0.1, 0.15) is 5.75 Å². The van der Waals surface area contributed by atoms with E-state index in [4.69, 9.17) is 4.74 Å². The van der Waals surface area contributed by atoms with Crippen LogP contribution in [0.15, 0.2) is 84.0 Å². The molecule has 0 aliphatic carbocycles. The van der Waals surface area contributed by atoms with Crippen LogP contribution in [0.2, 0.25) is 0 Å². The van der Waals surface area contributed by atoms with Gasteiger partial charge in [-0.05, 0) is 48.0 Å². The molecule has 2 N–H and O–H groups in total. The molecule has 0 bridgehead atoms. The van der Waals surface area contributed by atoms with E-state index in [-0.39, 0.29) is 17.8 Å². The smallest absolute Gasteiger partial charge is 0.343 e. The largest absolute Gasteiger partial charge is 0.423 e. The minimum atomic E-state index is -0.626. The lowest BCUT2D eigenvalue weighted by molar-refractivity contribution is -0.384. The lowest BCUT2D eigenvalue weighted by Crippen LogP contribution is -2.34. The van der Waals surface area contributed by atoms with Crippen LogP contribution in [-0.4, -0.2) is 35.5 Å². The van der Waals surface area contributed by atoms with Crippen molar-refractivity contribution in [3.05, 3.63) is 106 Å². The fraction of sp³-hybridized carbons (Fsp3) is 0.0435. The molecule has 166 valence electrons. The van der Waals surface area contributed by atoms with Crippen LogP contribution < -0.4 is 15.5 Å². The minimum absolute atomic E-state index is 0.0635. The summed E-state index contributed by atoms with van der Waals surface area (Å²) in [6.07, 6.45) is 1.38. The number of hydrazone groups is 1. The van der Waals surface area contributed by atoms with Crippen molar-refractivity contribution in [1.29, 1.82) is 0 Å². The molecule has 0 aliphatic rings. The first kappa shape index (κ1) is 22.8. The van der Waals surface area contributed by atoms with Gasteiger partial charge in [0.05, 0.1) is 23.2 Å². The molecule has 0 heterocycles. The molecule has 0 saturated carbocycles. The zero-order valence-electron chi connectivity index (χ0n) is 17.1. The average Bonchev–Trinajstić information content (AvgIpc) is 2.84. The zero-order chi connectivity index (χ0) is 23.6. The lowest BCUT2D eigenvalue weighted by atomic mass is 10.2. The number of nitro groups is 1. The van der Waals surface area contributed by atoms with Crippen LogP contribution in [-0.2, 0) is 4.79 Å². The third-order valence-corrected chi connectivity index (χ3v) is 4.23. The van der Waals surface area contributed by atoms with Crippen molar-refractivity contribution in [2.75, 3.05) is 6.54 Å². The van der Waals surface area contributed by atoms with Crippen LogP contribution in [0.5, 0.6) is 5.75 Å². The van der Waals surface area contributed by atoms with E-state index in [1.54, 1.807) is 54.6 Å². The van der Waals surface area contributed by atoms with E-state index in [1.807, 2.05) is 0 Å². The van der Waals surface area contributed by atoms with E-state index in [0.29, 0.717) is 16.9 Å². The van der Waals surface area contributed by atoms with E-state index in [1.165, 1.54) is 24.4 Å². The van der Waals surface area contributed by atoms with Crippen molar-refractivity contribution in [3.63, 3.8) is 0 Å². The molecule has 0 aliphatic heterocycles. The van der Waals surface area contributed by atoms with Crippen LogP contribution in [0.1, 0.15) is 26.3 Å². The standard InChI is InChI=1S/C23H18N4O6/c28-21(15-24-22(29)18-7-4-8-19(13-18)27(31)32)26-25-14-16-9-11-20(12-10-16)33-23(30)17-5-2-1-3-6-17/h1-14H,15H2,(H,24,29)(H,26,28)/b25-14-. The van der Waals surface area contributed by atoms with Crippen molar-refractivity contribution in [2.45, 2.75) is 0 Å². The molecule has 0 atom stereocenters. The Labute approximate surface area is 188 Å². The number of esters is 1. The predicted molar refractivity (Wildman–Crippen MR) is 119 cm³/mol. The number of benzene rings is 3. The molecular weight excluding hydrogens is 428 g/mol. The highest BCUT2D eigenvalue weighted by Gasteiger charge is 2.12. The maximum absolute atomic E-state index is 12.0. The number of non-ortho nitro benzene ring substituents is 1. The highest BCUT2D eigenvalue weighted by molar-refractivity contribution is 5.97. The van der Waals surface area contributed by atoms with Gasteiger partial charge in [-0.1, -0.05) is 24.3 Å². The fourth-order valence-corrected chi connectivity index (χ4v) is 2.60. The monoisotopic (exact) mass is 446 g/mol. The Balaban J connectivity index is 1.45. The van der Waals surface area contributed by atoms with Crippen LogP contribution in [0.3, 0.4) is 0 Å². The van der Waals surface area contributed by atoms with Gasteiger partial charge in [-0.15, -0.1) is 0 Å². The number of nitro benzene ring substituents is 1. The van der Waals surface area contributed by atoms with Crippen LogP contribution in [0, 0.1) is 10.1 Å². The number of carbonyl (C=O) groups excluding carboxylic acids is 3. The Morgan fingerprint density at radius 3 is 2.33 bits per heavy atom. The third-order valence-electron chi connectivity index (χ3n) is 4.23. The summed E-state index contributed by atoms with van der Waals surface area (Å²) in [4.78, 5) is 46.1. The van der Waals surface area contributed by atoms with Gasteiger partial charge < -0.3 is 10.1 Å². The Morgan fingerprint density at radius 1 is 0.939 bits per heavy atom. The molecule has 3 aromatic carbocycles. The zero-order valence-corrected chi connectivity index (χ0v) is 17.1. The Bertz CT molecular complexity index is 1190. The number of rotatable bonds is 8. The highest BCUT2D eigenvalue weighted by Crippen LogP contribution is 2.14. The van der Waals surface area contributed by atoms with Crippen molar-refractivity contribution >= 4 is 29.7 Å². The second kappa shape index (κ2) is 11.0. The molecule has 10 heteroatoms. The maximum Gasteiger partial charge on any atom is 0.343 e. The normalized spacial score (nSPS) is 10.4. The van der Waals surface area contributed by atoms with Gasteiger partial charge in [-0.3, -0.25) is 19.7 Å². The molecule has 0 saturated heterocycles. The molecule has 3 aromatic rings. The van der Waals surface area contributed by atoms with Gasteiger partial charge in [0.25, 0.3) is 17.5 Å². The second-order valence-corrected chi connectivity index (χ2v) is 6.61. The molecule has 0 aromatic heterocycles. The van der Waals surface area contributed by atoms with Crippen LogP contribution in [0.25, 0.3) is 0 Å². The maximum atomic E-state index is 12.0. The van der Waals surface area contributed by atoms with E-state index in [0.717, 1.165) is 6.07 Å². The number of nitrogens with zero attached hydrogens (tertiary/aromatic N) is 2. The van der Waals surface area contributed by atoms with Gasteiger partial charge in [-0.25, -0.2) is 10.2 Å². The summed E-state index contributed by atoms with van der Waals surface area (Å²) in [6.45, 7) is -0.368. The van der Waals surface area contributed by atoms with Gasteiger partial charge >= 0.3 is 5.97 Å². The van der Waals surface area contributed by atoms with Crippen molar-refractivity contribution in [3.8, 4) is 5.75 Å². The topological polar surface area (TPSA) is 140 Å². The number of ether oxygens (including phenoxy) is 1. The summed E-state index contributed by atoms with van der Waals surface area (Å²) in [5, 5.41) is 16.9. The molecule has 0 spiro atoms. The first-order chi connectivity index (χ1) is 15.9. The number of hydrogen-bond donors (Lipinski definition) is 2. The molecule has 33 heavy (non-hydrogen) atoms. The van der Waals surface area contributed by atoms with Crippen molar-refractivity contribution in [2.24, 2.45) is 5.10 Å². The van der Waals surface area contributed by atoms with Gasteiger partial charge in [-0.2, -0.15) is 5.10 Å². The van der Waals surface area contributed by atoms with Crippen LogP contribution in [0.4, 0.5) is 5.69 Å². The third kappa shape index (κ3) is 6.82. The van der Waals surface area contributed by atoms with Crippen molar-refractivity contribution < 1.29 is 24.0 Å². The summed E-state index contributed by atoms with van der Waals surface area (Å²) in [7, 11) is 0. The molecule has 0 fully saturated rings. The van der Waals surface area contributed by atoms with E-state index >= 15 is 0 Å². The molecule has 2 amide bonds. The highest BCUT2D eigenvalue weighted by atomic mass is 16.6. The first-order valence-corrected chi connectivity index (χ1v) is 9.64. The predicted octanol–water partition coefficient (Wildman–Crippen LogP) is 2.69. The quantitative estimate of drug-likeness (QED) is 0.179. The summed E-state index contributed by atoms with van der Waals surface area (Å²) in [5.41, 5.74) is 3.17. The first-order valence-electron chi connectivity index (χ1n) is 9.64. The second-order valence-electron chi connectivity index (χ2n) is 6.61. The van der Waals surface area contributed by atoms with Gasteiger partial charge in [0, 0.05) is 17.7 Å². The van der Waals surface area contributed by atoms with E-state index < -0.39 is 22.7 Å². The number of amides is 2. The van der Waals surface area contributed by atoms with Gasteiger partial charge in [0.15, 0.2) is 0 Å². The summed E-state index contributed by atoms with van der Waals surface area (Å²) >= 11 is 0. The van der Waals surface area contributed by atoms with Crippen molar-refractivity contribution in [1.82, 2.24) is 10.7 Å². The average molecular weight is 446 g/mol. The number of hydrogen-bond acceptors (Lipinski definition) is 7. The fourth-order valence-electron chi connectivity index (χ4n) is 2.60. The van der Waals surface area contributed by atoms with E-state index in [2.05, 4.69) is 15.8 Å². The molecule has 3 rings (SSSR count). The SMILES string of the molecule is O=C(CNC(=O)c1cccc([N+](=O)[O-])c1)N/N=C\c1ccc(OC(=O)c2ccccc2)cc1. The van der Waals surface area contributed by atoms with Gasteiger partial charge in [0.2, 0.25) is 0 Å². The Kier molecular flexibility index (Phi) is 7.58. The lowest BCUT2D eigenvalue weighted by Gasteiger charge is -2.05. The minimum Gasteiger partial charge on any atom is -0.423 e. The molecule has 0 radical (unpaired) electrons.